The van der Waals surface area contributed by atoms with E-state index in [4.69, 9.17) is 10.2 Å². The van der Waals surface area contributed by atoms with E-state index in [0.29, 0.717) is 5.57 Å². The van der Waals surface area contributed by atoms with Gasteiger partial charge in [-0.25, -0.2) is 0 Å². The molecule has 0 bridgehead atoms. The molecule has 0 rings (SSSR count). The van der Waals surface area contributed by atoms with Crippen LogP contribution in [0.2, 0.25) is 0 Å². The van der Waals surface area contributed by atoms with Gasteiger partial charge in [0.2, 0.25) is 0 Å². The number of unbranched alkanes of at least 4 members (excludes halogenated alkanes) is 6. The highest BCUT2D eigenvalue weighted by Crippen LogP contribution is 2.21. The highest BCUT2D eigenvalue weighted by molar-refractivity contribution is 5.42. The lowest BCUT2D eigenvalue weighted by atomic mass is 9.98. The van der Waals surface area contributed by atoms with Crippen molar-refractivity contribution in [1.82, 2.24) is 0 Å². The second kappa shape index (κ2) is 12.1. The minimum absolute atomic E-state index is 0.529. The van der Waals surface area contributed by atoms with E-state index in [9.17, 15) is 0 Å². The van der Waals surface area contributed by atoms with Crippen molar-refractivity contribution in [3.8, 4) is 0 Å². The van der Waals surface area contributed by atoms with E-state index < -0.39 is 5.95 Å². The quantitative estimate of drug-likeness (QED) is 0.261. The molecule has 22 heavy (non-hydrogen) atoms. The summed E-state index contributed by atoms with van der Waals surface area (Å²) in [4.78, 5) is 0. The Morgan fingerprint density at radius 1 is 0.773 bits per heavy atom. The van der Waals surface area contributed by atoms with Gasteiger partial charge in [-0.05, 0) is 57.3 Å². The van der Waals surface area contributed by atoms with Crippen molar-refractivity contribution in [3.63, 3.8) is 0 Å². The third-order valence-corrected chi connectivity index (χ3v) is 4.26. The van der Waals surface area contributed by atoms with Gasteiger partial charge in [-0.2, -0.15) is 0 Å². The molecule has 0 aliphatic rings. The maximum Gasteiger partial charge on any atom is 0.277 e. The van der Waals surface area contributed by atoms with Crippen molar-refractivity contribution < 1.29 is 10.2 Å². The van der Waals surface area contributed by atoms with E-state index in [1.165, 1.54) is 38.5 Å². The summed E-state index contributed by atoms with van der Waals surface area (Å²) in [5, 5.41) is 18.3. The van der Waals surface area contributed by atoms with E-state index in [1.807, 2.05) is 13.8 Å². The second-order valence-corrected chi connectivity index (χ2v) is 6.03. The number of aliphatic hydroxyl groups excluding tert-OH is 1. The van der Waals surface area contributed by atoms with Crippen molar-refractivity contribution in [1.29, 1.82) is 0 Å². The van der Waals surface area contributed by atoms with E-state index in [2.05, 4.69) is 32.1 Å². The summed E-state index contributed by atoms with van der Waals surface area (Å²) in [6.45, 7) is 9.93. The topological polar surface area (TPSA) is 40.5 Å². The molecule has 0 aromatic rings. The number of allylic oxidation sites excluding steroid dienone is 7. The van der Waals surface area contributed by atoms with Gasteiger partial charge in [0.05, 0.1) is 0 Å². The van der Waals surface area contributed by atoms with E-state index in [0.717, 1.165) is 23.1 Å². The number of hydrogen-bond donors (Lipinski definition) is 2. The van der Waals surface area contributed by atoms with Crippen LogP contribution >= 0.6 is 0 Å². The fourth-order valence-corrected chi connectivity index (χ4v) is 2.22. The Morgan fingerprint density at radius 3 is 1.95 bits per heavy atom. The van der Waals surface area contributed by atoms with Crippen molar-refractivity contribution in [3.05, 3.63) is 46.5 Å². The molecule has 126 valence electrons. The zero-order valence-corrected chi connectivity index (χ0v) is 15.1. The molecular formula is C20H34O2. The lowest BCUT2D eigenvalue weighted by Gasteiger charge is -2.08. The van der Waals surface area contributed by atoms with Gasteiger partial charge in [0.25, 0.3) is 5.95 Å². The SMILES string of the molecule is CCCCCCCC/C=C/C=C(C)/C(C)=C(\C)C(C)=C(O)O. The van der Waals surface area contributed by atoms with Crippen LogP contribution in [-0.2, 0) is 0 Å². The number of aliphatic hydroxyl groups is 2. The second-order valence-electron chi connectivity index (χ2n) is 6.03. The van der Waals surface area contributed by atoms with E-state index in [1.54, 1.807) is 6.92 Å². The first kappa shape index (κ1) is 20.6. The molecule has 0 aromatic heterocycles. The van der Waals surface area contributed by atoms with Crippen molar-refractivity contribution in [2.45, 2.75) is 79.6 Å². The summed E-state index contributed by atoms with van der Waals surface area (Å²) in [5.41, 5.74) is 3.68. The maximum atomic E-state index is 9.14. The molecule has 2 nitrogen and oxygen atoms in total. The monoisotopic (exact) mass is 306 g/mol. The standard InChI is InChI=1S/C20H34O2/c1-6-7-8-9-10-11-12-13-14-15-16(2)17(3)18(4)19(5)20(21)22/h13-15,21-22H,6-12H2,1-5H3/b14-13+,16-15+,18-17+. The highest BCUT2D eigenvalue weighted by Gasteiger charge is 2.05. The van der Waals surface area contributed by atoms with Crippen LogP contribution in [0.5, 0.6) is 0 Å². The maximum absolute atomic E-state index is 9.14. The minimum Gasteiger partial charge on any atom is -0.481 e. The van der Waals surface area contributed by atoms with Crippen LogP contribution in [0, 0.1) is 0 Å². The Labute approximate surface area is 137 Å². The Kier molecular flexibility index (Phi) is 11.3. The summed E-state index contributed by atoms with van der Waals surface area (Å²) >= 11 is 0. The zero-order chi connectivity index (χ0) is 17.0. The first-order valence-electron chi connectivity index (χ1n) is 8.52. The molecule has 0 amide bonds. The Morgan fingerprint density at radius 2 is 1.36 bits per heavy atom. The normalized spacial score (nSPS) is 13.4. The van der Waals surface area contributed by atoms with Crippen molar-refractivity contribution in [2.24, 2.45) is 0 Å². The Hall–Kier alpha value is -1.44. The molecule has 0 heterocycles. The average Bonchev–Trinajstić information content (AvgIpc) is 2.50. The molecule has 0 spiro atoms. The molecule has 0 fully saturated rings. The molecule has 0 aliphatic carbocycles. The van der Waals surface area contributed by atoms with Crippen molar-refractivity contribution in [2.75, 3.05) is 0 Å². The molecule has 0 unspecified atom stereocenters. The Balaban J connectivity index is 4.30. The molecule has 0 saturated carbocycles. The smallest absolute Gasteiger partial charge is 0.277 e. The third kappa shape index (κ3) is 8.76. The summed E-state index contributed by atoms with van der Waals surface area (Å²) < 4.78 is 0. The van der Waals surface area contributed by atoms with Gasteiger partial charge in [-0.3, -0.25) is 0 Å². The number of hydrogen-bond acceptors (Lipinski definition) is 2. The lowest BCUT2D eigenvalue weighted by molar-refractivity contribution is 0.186. The molecule has 0 saturated heterocycles. The predicted octanol–water partition coefficient (Wildman–Crippen LogP) is 6.92. The van der Waals surface area contributed by atoms with Crippen LogP contribution in [0.1, 0.15) is 79.6 Å². The van der Waals surface area contributed by atoms with Crippen LogP contribution in [0.25, 0.3) is 0 Å². The van der Waals surface area contributed by atoms with E-state index in [-0.39, 0.29) is 0 Å². The van der Waals surface area contributed by atoms with Crippen LogP contribution in [0.15, 0.2) is 46.5 Å². The summed E-state index contributed by atoms with van der Waals surface area (Å²) in [6, 6.07) is 0. The molecule has 0 atom stereocenters. The van der Waals surface area contributed by atoms with Crippen molar-refractivity contribution >= 4 is 0 Å². The Bertz CT molecular complexity index is 433. The molecule has 0 aliphatic heterocycles. The third-order valence-electron chi connectivity index (χ3n) is 4.26. The molecule has 2 heteroatoms. The van der Waals surface area contributed by atoms with Gasteiger partial charge < -0.3 is 10.2 Å². The zero-order valence-electron chi connectivity index (χ0n) is 15.1. The van der Waals surface area contributed by atoms with Crippen LogP contribution in [0.4, 0.5) is 0 Å². The largest absolute Gasteiger partial charge is 0.481 e. The van der Waals surface area contributed by atoms with Crippen LogP contribution in [0.3, 0.4) is 0 Å². The van der Waals surface area contributed by atoms with Gasteiger partial charge in [0, 0.05) is 5.57 Å². The first-order valence-corrected chi connectivity index (χ1v) is 8.52. The fraction of sp³-hybridized carbons (Fsp3) is 0.600. The van der Waals surface area contributed by atoms with Crippen LogP contribution < -0.4 is 0 Å². The van der Waals surface area contributed by atoms with Gasteiger partial charge in [-0.15, -0.1) is 0 Å². The highest BCUT2D eigenvalue weighted by atomic mass is 16.5. The number of rotatable bonds is 10. The minimum atomic E-state index is -0.594. The average molecular weight is 306 g/mol. The summed E-state index contributed by atoms with van der Waals surface area (Å²) in [6.07, 6.45) is 15.5. The lowest BCUT2D eigenvalue weighted by Crippen LogP contribution is -1.93. The predicted molar refractivity (Wildman–Crippen MR) is 97.2 cm³/mol. The summed E-state index contributed by atoms with van der Waals surface area (Å²) in [7, 11) is 0. The summed E-state index contributed by atoms with van der Waals surface area (Å²) in [5.74, 6) is -0.594. The molecule has 2 N–H and O–H groups in total. The fourth-order valence-electron chi connectivity index (χ4n) is 2.22. The van der Waals surface area contributed by atoms with Gasteiger partial charge >= 0.3 is 0 Å². The van der Waals surface area contributed by atoms with E-state index >= 15 is 0 Å². The first-order chi connectivity index (χ1) is 10.4. The van der Waals surface area contributed by atoms with Gasteiger partial charge in [0.1, 0.15) is 0 Å². The molecular weight excluding hydrogens is 272 g/mol. The molecule has 0 radical (unpaired) electrons. The molecule has 0 aromatic carbocycles. The van der Waals surface area contributed by atoms with Crippen LogP contribution in [-0.4, -0.2) is 10.2 Å². The van der Waals surface area contributed by atoms with Gasteiger partial charge in [0.15, 0.2) is 0 Å². The van der Waals surface area contributed by atoms with Gasteiger partial charge in [-0.1, -0.05) is 57.3 Å².